The average Bonchev–Trinajstić information content (AvgIpc) is 3.11. The van der Waals surface area contributed by atoms with Crippen LogP contribution in [0.3, 0.4) is 0 Å². The summed E-state index contributed by atoms with van der Waals surface area (Å²) in [7, 11) is 0. The minimum Gasteiger partial charge on any atom is -0.454 e. The number of benzene rings is 2. The van der Waals surface area contributed by atoms with Crippen molar-refractivity contribution in [1.29, 1.82) is 0 Å². The number of oxazole rings is 1. The number of anilines is 1. The molecule has 1 aliphatic rings. The Morgan fingerprint density at radius 3 is 2.88 bits per heavy atom. The first kappa shape index (κ1) is 14.6. The quantitative estimate of drug-likeness (QED) is 0.788. The third-order valence-corrected chi connectivity index (χ3v) is 3.82. The third kappa shape index (κ3) is 2.59. The van der Waals surface area contributed by atoms with Gasteiger partial charge >= 0.3 is 5.76 Å². The second kappa shape index (κ2) is 5.61. The van der Waals surface area contributed by atoms with Crippen molar-refractivity contribution < 1.29 is 18.7 Å². The number of aromatic nitrogens is 1. The minimum atomic E-state index is -0.617. The summed E-state index contributed by atoms with van der Waals surface area (Å²) in [5.74, 6) is 0.206. The van der Waals surface area contributed by atoms with Gasteiger partial charge in [-0.1, -0.05) is 11.6 Å². The molecular weight excluding hydrogens is 336 g/mol. The number of nitrogens with one attached hydrogen (secondary N) is 1. The fourth-order valence-electron chi connectivity index (χ4n) is 2.51. The van der Waals surface area contributed by atoms with E-state index < -0.39 is 5.76 Å². The number of nitrogens with zero attached hydrogens (tertiary/aromatic N) is 1. The standard InChI is InChI=1S/C16H11ClN2O5/c17-9-1-3-11-13(5-9)24-16(21)19(11)7-15(20)18-10-2-4-12-14(6-10)23-8-22-12/h1-6H,7-8H2,(H,18,20). The van der Waals surface area contributed by atoms with Gasteiger partial charge in [0.2, 0.25) is 12.7 Å². The highest BCUT2D eigenvalue weighted by molar-refractivity contribution is 6.31. The van der Waals surface area contributed by atoms with Crippen LogP contribution in [0.5, 0.6) is 11.5 Å². The first-order chi connectivity index (χ1) is 11.6. The van der Waals surface area contributed by atoms with Crippen LogP contribution in [-0.4, -0.2) is 17.3 Å². The van der Waals surface area contributed by atoms with Crippen molar-refractivity contribution in [2.45, 2.75) is 6.54 Å². The van der Waals surface area contributed by atoms with Crippen molar-refractivity contribution in [1.82, 2.24) is 4.57 Å². The first-order valence-electron chi connectivity index (χ1n) is 7.08. The number of fused-ring (bicyclic) bond motifs is 2. The lowest BCUT2D eigenvalue weighted by molar-refractivity contribution is -0.116. The van der Waals surface area contributed by atoms with Gasteiger partial charge in [0.05, 0.1) is 5.52 Å². The molecule has 2 aromatic carbocycles. The van der Waals surface area contributed by atoms with E-state index in [-0.39, 0.29) is 19.2 Å². The molecule has 24 heavy (non-hydrogen) atoms. The SMILES string of the molecule is O=C(Cn1c(=O)oc2cc(Cl)ccc21)Nc1ccc2c(c1)OCO2. The maximum atomic E-state index is 12.2. The number of hydrogen-bond acceptors (Lipinski definition) is 5. The molecule has 1 N–H and O–H groups in total. The van der Waals surface area contributed by atoms with Crippen molar-refractivity contribution in [3.63, 3.8) is 0 Å². The molecule has 1 aromatic heterocycles. The first-order valence-corrected chi connectivity index (χ1v) is 7.46. The number of rotatable bonds is 3. The maximum Gasteiger partial charge on any atom is 0.420 e. The van der Waals surface area contributed by atoms with Crippen LogP contribution in [0, 0.1) is 0 Å². The van der Waals surface area contributed by atoms with Gasteiger partial charge in [-0.3, -0.25) is 9.36 Å². The van der Waals surface area contributed by atoms with Crippen LogP contribution in [0.1, 0.15) is 0 Å². The molecule has 8 heteroatoms. The number of amides is 1. The van der Waals surface area contributed by atoms with E-state index in [9.17, 15) is 9.59 Å². The molecule has 0 aliphatic carbocycles. The Morgan fingerprint density at radius 2 is 2.00 bits per heavy atom. The fraction of sp³-hybridized carbons (Fsp3) is 0.125. The molecular formula is C16H11ClN2O5. The molecule has 1 aliphatic heterocycles. The van der Waals surface area contributed by atoms with Crippen LogP contribution in [0.15, 0.2) is 45.6 Å². The number of carbonyl (C=O) groups is 1. The lowest BCUT2D eigenvalue weighted by Crippen LogP contribution is -2.24. The maximum absolute atomic E-state index is 12.2. The molecule has 7 nitrogen and oxygen atoms in total. The molecule has 0 bridgehead atoms. The molecule has 0 atom stereocenters. The zero-order valence-electron chi connectivity index (χ0n) is 12.2. The van der Waals surface area contributed by atoms with Crippen molar-refractivity contribution >= 4 is 34.3 Å². The highest BCUT2D eigenvalue weighted by atomic mass is 35.5. The fourth-order valence-corrected chi connectivity index (χ4v) is 2.67. The van der Waals surface area contributed by atoms with Crippen molar-refractivity contribution in [3.8, 4) is 11.5 Å². The molecule has 0 saturated heterocycles. The molecule has 3 aromatic rings. The van der Waals surface area contributed by atoms with E-state index in [4.69, 9.17) is 25.5 Å². The van der Waals surface area contributed by atoms with Crippen LogP contribution in [0.4, 0.5) is 5.69 Å². The van der Waals surface area contributed by atoms with Crippen LogP contribution in [0.2, 0.25) is 5.02 Å². The lowest BCUT2D eigenvalue weighted by Gasteiger charge is -2.06. The van der Waals surface area contributed by atoms with Crippen LogP contribution < -0.4 is 20.5 Å². The minimum absolute atomic E-state index is 0.158. The summed E-state index contributed by atoms with van der Waals surface area (Å²) >= 11 is 5.87. The molecule has 0 spiro atoms. The van der Waals surface area contributed by atoms with Gasteiger partial charge in [-0.05, 0) is 24.3 Å². The Balaban J connectivity index is 1.56. The summed E-state index contributed by atoms with van der Waals surface area (Å²) in [4.78, 5) is 24.2. The Bertz CT molecular complexity index is 1010. The summed E-state index contributed by atoms with van der Waals surface area (Å²) in [6.45, 7) is -0.0202. The van der Waals surface area contributed by atoms with E-state index in [0.29, 0.717) is 33.3 Å². The highest BCUT2D eigenvalue weighted by Crippen LogP contribution is 2.34. The van der Waals surface area contributed by atoms with Crippen molar-refractivity contribution in [3.05, 3.63) is 52.0 Å². The molecule has 4 rings (SSSR count). The molecule has 2 heterocycles. The average molecular weight is 347 g/mol. The van der Waals surface area contributed by atoms with Crippen molar-refractivity contribution in [2.75, 3.05) is 12.1 Å². The van der Waals surface area contributed by atoms with Crippen LogP contribution >= 0.6 is 11.6 Å². The number of hydrogen-bond donors (Lipinski definition) is 1. The smallest absolute Gasteiger partial charge is 0.420 e. The van der Waals surface area contributed by atoms with E-state index in [1.54, 1.807) is 30.3 Å². The summed E-state index contributed by atoms with van der Waals surface area (Å²) in [5.41, 5.74) is 1.39. The highest BCUT2D eigenvalue weighted by Gasteiger charge is 2.16. The zero-order valence-corrected chi connectivity index (χ0v) is 13.0. The topological polar surface area (TPSA) is 82.7 Å². The molecule has 0 radical (unpaired) electrons. The molecule has 1 amide bonds. The van der Waals surface area contributed by atoms with Gasteiger partial charge in [0.1, 0.15) is 6.54 Å². The predicted octanol–water partition coefficient (Wildman–Crippen LogP) is 2.62. The van der Waals surface area contributed by atoms with E-state index in [1.807, 2.05) is 0 Å². The monoisotopic (exact) mass is 346 g/mol. The Kier molecular flexibility index (Phi) is 3.42. The Labute approximate surface area is 140 Å². The second-order valence-electron chi connectivity index (χ2n) is 5.18. The second-order valence-corrected chi connectivity index (χ2v) is 5.62. The van der Waals surface area contributed by atoms with Crippen LogP contribution in [0.25, 0.3) is 11.1 Å². The molecule has 0 saturated carbocycles. The van der Waals surface area contributed by atoms with E-state index in [1.165, 1.54) is 10.6 Å². The zero-order chi connectivity index (χ0) is 16.7. The number of carbonyl (C=O) groups excluding carboxylic acids is 1. The van der Waals surface area contributed by atoms with E-state index in [0.717, 1.165) is 0 Å². The Hall–Kier alpha value is -2.93. The summed E-state index contributed by atoms with van der Waals surface area (Å²) < 4.78 is 16.8. The van der Waals surface area contributed by atoms with E-state index >= 15 is 0 Å². The summed E-state index contributed by atoms with van der Waals surface area (Å²) in [6.07, 6.45) is 0. The van der Waals surface area contributed by atoms with Gasteiger partial charge in [-0.15, -0.1) is 0 Å². The lowest BCUT2D eigenvalue weighted by atomic mass is 10.2. The predicted molar refractivity (Wildman–Crippen MR) is 86.7 cm³/mol. The number of halogens is 1. The normalized spacial score (nSPS) is 12.5. The summed E-state index contributed by atoms with van der Waals surface area (Å²) in [6, 6.07) is 9.86. The molecule has 0 fully saturated rings. The van der Waals surface area contributed by atoms with Gasteiger partial charge in [0.25, 0.3) is 0 Å². The summed E-state index contributed by atoms with van der Waals surface area (Å²) in [5, 5.41) is 3.16. The largest absolute Gasteiger partial charge is 0.454 e. The van der Waals surface area contributed by atoms with Gasteiger partial charge in [-0.25, -0.2) is 4.79 Å². The molecule has 0 unspecified atom stereocenters. The van der Waals surface area contributed by atoms with Gasteiger partial charge < -0.3 is 19.2 Å². The van der Waals surface area contributed by atoms with Gasteiger partial charge in [-0.2, -0.15) is 0 Å². The molecule has 122 valence electrons. The number of ether oxygens (including phenoxy) is 2. The van der Waals surface area contributed by atoms with Crippen LogP contribution in [-0.2, 0) is 11.3 Å². The van der Waals surface area contributed by atoms with Crippen molar-refractivity contribution in [2.24, 2.45) is 0 Å². The van der Waals surface area contributed by atoms with Gasteiger partial charge in [0.15, 0.2) is 17.1 Å². The van der Waals surface area contributed by atoms with Gasteiger partial charge in [0, 0.05) is 22.8 Å². The Morgan fingerprint density at radius 1 is 1.17 bits per heavy atom. The third-order valence-electron chi connectivity index (χ3n) is 3.59. The van der Waals surface area contributed by atoms with E-state index in [2.05, 4.69) is 5.32 Å².